The molecule has 1 saturated heterocycles. The van der Waals surface area contributed by atoms with Crippen molar-refractivity contribution in [2.45, 2.75) is 13.0 Å². The minimum Gasteiger partial charge on any atom is -0.497 e. The Labute approximate surface area is 215 Å². The van der Waals surface area contributed by atoms with Crippen LogP contribution in [0.4, 0.5) is 16.4 Å². The fraction of sp³-hybridized carbons (Fsp3) is 0.346. The molecule has 0 aliphatic carbocycles. The van der Waals surface area contributed by atoms with Gasteiger partial charge in [0.1, 0.15) is 11.5 Å². The number of ether oxygens (including phenoxy) is 2. The maximum atomic E-state index is 13.0. The summed E-state index contributed by atoms with van der Waals surface area (Å²) in [6.45, 7) is 4.47. The number of urea groups is 1. The van der Waals surface area contributed by atoms with Crippen molar-refractivity contribution in [3.8, 4) is 17.4 Å². The van der Waals surface area contributed by atoms with Gasteiger partial charge >= 0.3 is 6.03 Å². The van der Waals surface area contributed by atoms with Crippen LogP contribution in [0.1, 0.15) is 11.3 Å². The second-order valence-corrected chi connectivity index (χ2v) is 9.37. The van der Waals surface area contributed by atoms with E-state index in [0.717, 1.165) is 37.4 Å². The number of aromatic nitrogens is 2. The lowest BCUT2D eigenvalue weighted by molar-refractivity contribution is 0.205. The summed E-state index contributed by atoms with van der Waals surface area (Å²) in [6.07, 6.45) is 0.607. The molecule has 188 valence electrons. The first-order chi connectivity index (χ1) is 17.5. The monoisotopic (exact) mass is 508 g/mol. The van der Waals surface area contributed by atoms with Crippen molar-refractivity contribution >= 4 is 29.3 Å². The molecule has 2 aliphatic heterocycles. The number of anilines is 2. The summed E-state index contributed by atoms with van der Waals surface area (Å²) >= 11 is 6.07. The number of amides is 2. The third-order valence-corrected chi connectivity index (χ3v) is 6.65. The summed E-state index contributed by atoms with van der Waals surface area (Å²) in [7, 11) is 3.74. The lowest BCUT2D eigenvalue weighted by Crippen LogP contribution is -2.45. The van der Waals surface area contributed by atoms with E-state index in [1.54, 1.807) is 30.2 Å². The first-order valence-corrected chi connectivity index (χ1v) is 12.3. The van der Waals surface area contributed by atoms with Crippen LogP contribution < -0.4 is 19.7 Å². The predicted octanol–water partition coefficient (Wildman–Crippen LogP) is 4.27. The van der Waals surface area contributed by atoms with Gasteiger partial charge in [0, 0.05) is 55.9 Å². The Morgan fingerprint density at radius 3 is 2.56 bits per heavy atom. The Balaban J connectivity index is 1.43. The average Bonchev–Trinajstić information content (AvgIpc) is 2.89. The third-order valence-electron chi connectivity index (χ3n) is 6.42. The van der Waals surface area contributed by atoms with Crippen molar-refractivity contribution in [3.63, 3.8) is 0 Å². The number of benzene rings is 2. The van der Waals surface area contributed by atoms with E-state index >= 15 is 0 Å². The van der Waals surface area contributed by atoms with Crippen LogP contribution >= 0.6 is 11.6 Å². The zero-order chi connectivity index (χ0) is 25.1. The van der Waals surface area contributed by atoms with E-state index in [-0.39, 0.29) is 6.03 Å². The van der Waals surface area contributed by atoms with Crippen LogP contribution in [0, 0.1) is 0 Å². The molecule has 0 atom stereocenters. The molecule has 5 rings (SSSR count). The molecule has 0 saturated carbocycles. The molecule has 2 aliphatic rings. The number of carbonyl (C=O) groups excluding carboxylic acids is 1. The fourth-order valence-corrected chi connectivity index (χ4v) is 4.51. The lowest BCUT2D eigenvalue weighted by Gasteiger charge is -2.34. The molecule has 3 aromatic rings. The summed E-state index contributed by atoms with van der Waals surface area (Å²) < 4.78 is 11.6. The van der Waals surface area contributed by atoms with Crippen molar-refractivity contribution in [1.29, 1.82) is 0 Å². The Bertz CT molecular complexity index is 1250. The van der Waals surface area contributed by atoms with Gasteiger partial charge in [-0.2, -0.15) is 4.98 Å². The summed E-state index contributed by atoms with van der Waals surface area (Å²) in [5.41, 5.74) is 2.36. The van der Waals surface area contributed by atoms with Gasteiger partial charge in [-0.1, -0.05) is 23.7 Å². The second kappa shape index (κ2) is 10.6. The Morgan fingerprint density at radius 1 is 1.00 bits per heavy atom. The van der Waals surface area contributed by atoms with Gasteiger partial charge in [0.25, 0.3) is 0 Å². The Morgan fingerprint density at radius 2 is 1.78 bits per heavy atom. The third kappa shape index (κ3) is 5.47. The van der Waals surface area contributed by atoms with Gasteiger partial charge < -0.3 is 29.5 Å². The van der Waals surface area contributed by atoms with Crippen molar-refractivity contribution < 1.29 is 14.3 Å². The van der Waals surface area contributed by atoms with Gasteiger partial charge in [-0.15, -0.1) is 0 Å². The largest absolute Gasteiger partial charge is 0.497 e. The van der Waals surface area contributed by atoms with Crippen LogP contribution in [0.5, 0.6) is 17.4 Å². The fourth-order valence-electron chi connectivity index (χ4n) is 4.32. The topological polar surface area (TPSA) is 83.1 Å². The van der Waals surface area contributed by atoms with Gasteiger partial charge in [0.05, 0.1) is 24.9 Å². The van der Waals surface area contributed by atoms with E-state index in [1.165, 1.54) is 0 Å². The molecule has 0 unspecified atom stereocenters. The van der Waals surface area contributed by atoms with Crippen molar-refractivity contribution in [2.24, 2.45) is 0 Å². The van der Waals surface area contributed by atoms with E-state index in [9.17, 15) is 4.79 Å². The van der Waals surface area contributed by atoms with Crippen molar-refractivity contribution in [3.05, 3.63) is 64.8 Å². The number of piperazine rings is 1. The number of fused-ring (bicyclic) bond motifs is 1. The second-order valence-electron chi connectivity index (χ2n) is 8.94. The van der Waals surface area contributed by atoms with Crippen molar-refractivity contribution in [2.75, 3.05) is 57.1 Å². The first kappa shape index (κ1) is 24.1. The number of rotatable bonds is 5. The molecule has 0 radical (unpaired) electrons. The molecular weight excluding hydrogens is 480 g/mol. The van der Waals surface area contributed by atoms with Crippen LogP contribution in [0.2, 0.25) is 5.02 Å². The van der Waals surface area contributed by atoms with E-state index in [4.69, 9.17) is 31.0 Å². The van der Waals surface area contributed by atoms with Crippen LogP contribution in [-0.2, 0) is 13.0 Å². The van der Waals surface area contributed by atoms with E-state index in [2.05, 4.69) is 22.2 Å². The van der Waals surface area contributed by atoms with Crippen LogP contribution in [0.15, 0.2) is 48.5 Å². The number of carbonyl (C=O) groups is 1. The molecule has 0 spiro atoms. The molecule has 1 N–H and O–H groups in total. The highest BCUT2D eigenvalue weighted by Crippen LogP contribution is 2.33. The maximum Gasteiger partial charge on any atom is 0.322 e. The molecule has 2 amide bonds. The highest BCUT2D eigenvalue weighted by molar-refractivity contribution is 6.30. The Hall–Kier alpha value is -3.56. The molecule has 2 aromatic carbocycles. The predicted molar refractivity (Wildman–Crippen MR) is 139 cm³/mol. The molecule has 10 heteroatoms. The zero-order valence-electron chi connectivity index (χ0n) is 20.4. The molecule has 36 heavy (non-hydrogen) atoms. The summed E-state index contributed by atoms with van der Waals surface area (Å²) in [4.78, 5) is 29.0. The minimum absolute atomic E-state index is 0.210. The Kier molecular flexibility index (Phi) is 7.11. The summed E-state index contributed by atoms with van der Waals surface area (Å²) in [5.74, 6) is 2.43. The molecular formula is C26H29ClN6O3. The number of nitrogens with zero attached hydrogens (tertiary/aromatic N) is 5. The lowest BCUT2D eigenvalue weighted by atomic mass is 10.1. The van der Waals surface area contributed by atoms with Crippen LogP contribution in [-0.4, -0.2) is 72.7 Å². The van der Waals surface area contributed by atoms with Gasteiger partial charge in [-0.25, -0.2) is 9.78 Å². The summed E-state index contributed by atoms with van der Waals surface area (Å²) in [6, 6.07) is 14.3. The molecule has 0 bridgehead atoms. The maximum absolute atomic E-state index is 13.0. The number of hydrogen-bond acceptors (Lipinski definition) is 7. The first-order valence-electron chi connectivity index (χ1n) is 11.9. The number of likely N-dealkylation sites (N-methyl/N-ethyl adjacent to an activating group) is 1. The molecule has 9 nitrogen and oxygen atoms in total. The smallest absolute Gasteiger partial charge is 0.322 e. The van der Waals surface area contributed by atoms with Crippen LogP contribution in [0.3, 0.4) is 0 Å². The highest BCUT2D eigenvalue weighted by atomic mass is 35.5. The number of halogens is 1. The SMILES string of the molecule is COc1cccc(Oc2nc(N3CCN(C)CC3)nc3c2CN(C(=O)Nc2cccc(Cl)c2)CC3)c1. The number of hydrogen-bond donors (Lipinski definition) is 1. The summed E-state index contributed by atoms with van der Waals surface area (Å²) in [5, 5.41) is 3.49. The zero-order valence-corrected chi connectivity index (χ0v) is 21.2. The average molecular weight is 509 g/mol. The molecule has 1 fully saturated rings. The van der Waals surface area contributed by atoms with E-state index in [0.29, 0.717) is 53.5 Å². The van der Waals surface area contributed by atoms with E-state index < -0.39 is 0 Å². The quantitative estimate of drug-likeness (QED) is 0.551. The number of methoxy groups -OCH3 is 1. The molecule has 1 aromatic heterocycles. The van der Waals surface area contributed by atoms with Crippen LogP contribution in [0.25, 0.3) is 0 Å². The molecule has 3 heterocycles. The van der Waals surface area contributed by atoms with E-state index in [1.807, 2.05) is 30.3 Å². The standard InChI is InChI=1S/C26H29ClN6O3/c1-31-11-13-32(14-12-31)25-29-23-9-10-33(26(34)28-19-6-3-5-18(27)15-19)17-22(23)24(30-25)36-21-8-4-7-20(16-21)35-2/h3-8,15-16H,9-14,17H2,1-2H3,(H,28,34). The number of nitrogens with one attached hydrogen (secondary N) is 1. The van der Waals surface area contributed by atoms with Gasteiger partial charge in [0.2, 0.25) is 11.8 Å². The van der Waals surface area contributed by atoms with Gasteiger partial charge in [0.15, 0.2) is 0 Å². The highest BCUT2D eigenvalue weighted by Gasteiger charge is 2.28. The minimum atomic E-state index is -0.210. The van der Waals surface area contributed by atoms with Gasteiger partial charge in [-0.3, -0.25) is 0 Å². The van der Waals surface area contributed by atoms with Gasteiger partial charge in [-0.05, 0) is 37.4 Å². The normalized spacial score (nSPS) is 15.9. The van der Waals surface area contributed by atoms with Crippen molar-refractivity contribution in [1.82, 2.24) is 19.8 Å².